The molecule has 0 spiro atoms. The van der Waals surface area contributed by atoms with E-state index in [-0.39, 0.29) is 0 Å². The second-order valence-corrected chi connectivity index (χ2v) is 2.65. The molecule has 0 aromatic carbocycles. The first-order valence-corrected chi connectivity index (χ1v) is 3.29. The molecule has 0 unspecified atom stereocenters. The molecule has 0 saturated carbocycles. The van der Waals surface area contributed by atoms with Crippen molar-refractivity contribution in [2.45, 2.75) is 39.8 Å². The van der Waals surface area contributed by atoms with Gasteiger partial charge in [0.1, 0.15) is 0 Å². The number of nitrogens with one attached hydrogen (secondary N) is 2. The molecule has 2 N–H and O–H groups in total. The highest BCUT2D eigenvalue weighted by molar-refractivity contribution is 4.41. The van der Waals surface area contributed by atoms with Crippen molar-refractivity contribution in [3.05, 3.63) is 0 Å². The molecule has 56 valence electrons. The van der Waals surface area contributed by atoms with E-state index in [4.69, 9.17) is 4.94 Å². The molecular weight excluding hydrogens is 116 g/mol. The van der Waals surface area contributed by atoms with E-state index in [1.807, 2.05) is 27.7 Å². The van der Waals surface area contributed by atoms with Crippen LogP contribution in [0.3, 0.4) is 0 Å². The highest BCUT2D eigenvalue weighted by Gasteiger charge is 1.92. The molecule has 3 nitrogen and oxygen atoms in total. The van der Waals surface area contributed by atoms with Crippen LogP contribution in [0, 0.1) is 0 Å². The van der Waals surface area contributed by atoms with Crippen molar-refractivity contribution in [1.29, 1.82) is 0 Å². The van der Waals surface area contributed by atoms with E-state index < -0.39 is 0 Å². The van der Waals surface area contributed by atoms with E-state index in [0.717, 1.165) is 0 Å². The molecule has 0 radical (unpaired) electrons. The van der Waals surface area contributed by atoms with Gasteiger partial charge in [-0.15, -0.1) is 0 Å². The molecule has 0 aliphatic carbocycles. The van der Waals surface area contributed by atoms with Crippen molar-refractivity contribution in [1.82, 2.24) is 11.0 Å². The fourth-order valence-electron chi connectivity index (χ4n) is 0.270. The Morgan fingerprint density at radius 1 is 0.889 bits per heavy atom. The van der Waals surface area contributed by atoms with Gasteiger partial charge in [-0.2, -0.15) is 11.0 Å². The molecule has 0 heterocycles. The van der Waals surface area contributed by atoms with Gasteiger partial charge in [0.15, 0.2) is 0 Å². The maximum atomic E-state index is 4.86. The molecule has 0 atom stereocenters. The second kappa shape index (κ2) is 4.73. The van der Waals surface area contributed by atoms with Crippen LogP contribution < -0.4 is 11.0 Å². The van der Waals surface area contributed by atoms with Crippen LogP contribution in [0.15, 0.2) is 0 Å². The molecule has 0 bridgehead atoms. The maximum Gasteiger partial charge on any atom is 0.0284 e. The molecule has 0 aliphatic rings. The zero-order valence-corrected chi connectivity index (χ0v) is 6.56. The van der Waals surface area contributed by atoms with Crippen molar-refractivity contribution in [2.75, 3.05) is 0 Å². The van der Waals surface area contributed by atoms with Gasteiger partial charge in [0.2, 0.25) is 0 Å². The SMILES string of the molecule is CC(C)NONC(C)C. The third-order valence-electron chi connectivity index (χ3n) is 0.589. The number of hydrogen-bond acceptors (Lipinski definition) is 3. The van der Waals surface area contributed by atoms with Gasteiger partial charge in [-0.25, -0.2) is 4.94 Å². The lowest BCUT2D eigenvalue weighted by atomic mass is 10.4. The van der Waals surface area contributed by atoms with Gasteiger partial charge < -0.3 is 0 Å². The smallest absolute Gasteiger partial charge is 0.0284 e. The molecule has 0 saturated heterocycles. The maximum absolute atomic E-state index is 4.86. The van der Waals surface area contributed by atoms with E-state index >= 15 is 0 Å². The van der Waals surface area contributed by atoms with E-state index in [2.05, 4.69) is 11.0 Å². The average molecular weight is 132 g/mol. The first kappa shape index (κ1) is 8.88. The summed E-state index contributed by atoms with van der Waals surface area (Å²) in [5, 5.41) is 0. The average Bonchev–Trinajstić information content (AvgIpc) is 1.63. The summed E-state index contributed by atoms with van der Waals surface area (Å²) in [5.74, 6) is 0. The van der Waals surface area contributed by atoms with Crippen molar-refractivity contribution in [3.63, 3.8) is 0 Å². The summed E-state index contributed by atoms with van der Waals surface area (Å²) in [4.78, 5) is 4.86. The molecule has 3 heteroatoms. The summed E-state index contributed by atoms with van der Waals surface area (Å²) in [7, 11) is 0. The van der Waals surface area contributed by atoms with Crippen LogP contribution in [0.1, 0.15) is 27.7 Å². The Hall–Kier alpha value is -0.120. The lowest BCUT2D eigenvalue weighted by molar-refractivity contribution is -0.0632. The largest absolute Gasteiger partial charge is 0.214 e. The lowest BCUT2D eigenvalue weighted by Crippen LogP contribution is -2.34. The zero-order valence-electron chi connectivity index (χ0n) is 6.56. The minimum absolute atomic E-state index is 0.358. The molecular formula is C6H16N2O. The fraction of sp³-hybridized carbons (Fsp3) is 1.00. The van der Waals surface area contributed by atoms with Crippen LogP contribution in [0.25, 0.3) is 0 Å². The molecule has 0 amide bonds. The summed E-state index contributed by atoms with van der Waals surface area (Å²) in [5.41, 5.74) is 5.53. The Balaban J connectivity index is 2.91. The summed E-state index contributed by atoms with van der Waals surface area (Å²) in [6.07, 6.45) is 0. The fourth-order valence-corrected chi connectivity index (χ4v) is 0.270. The van der Waals surface area contributed by atoms with Crippen molar-refractivity contribution in [2.24, 2.45) is 0 Å². The third kappa shape index (κ3) is 7.88. The minimum Gasteiger partial charge on any atom is -0.214 e. The normalized spacial score (nSPS) is 11.3. The molecule has 0 aromatic heterocycles. The van der Waals surface area contributed by atoms with Crippen LogP contribution in [-0.2, 0) is 4.94 Å². The van der Waals surface area contributed by atoms with Gasteiger partial charge in [0.25, 0.3) is 0 Å². The van der Waals surface area contributed by atoms with E-state index in [1.165, 1.54) is 0 Å². The van der Waals surface area contributed by atoms with Gasteiger partial charge in [-0.05, 0) is 27.7 Å². The first-order valence-electron chi connectivity index (χ1n) is 3.29. The summed E-state index contributed by atoms with van der Waals surface area (Å²) in [6.45, 7) is 8.06. The second-order valence-electron chi connectivity index (χ2n) is 2.65. The summed E-state index contributed by atoms with van der Waals surface area (Å²) >= 11 is 0. The summed E-state index contributed by atoms with van der Waals surface area (Å²) in [6, 6.07) is 0.715. The molecule has 0 aliphatic heterocycles. The zero-order chi connectivity index (χ0) is 7.28. The monoisotopic (exact) mass is 132 g/mol. The number of hydrogen-bond donors (Lipinski definition) is 2. The van der Waals surface area contributed by atoms with E-state index in [0.29, 0.717) is 12.1 Å². The van der Waals surface area contributed by atoms with Gasteiger partial charge in [0, 0.05) is 12.1 Å². The van der Waals surface area contributed by atoms with Crippen LogP contribution in [0.2, 0.25) is 0 Å². The van der Waals surface area contributed by atoms with E-state index in [9.17, 15) is 0 Å². The van der Waals surface area contributed by atoms with Crippen LogP contribution in [-0.4, -0.2) is 12.1 Å². The predicted octanol–water partition coefficient (Wildman–Crippen LogP) is 0.829. The quantitative estimate of drug-likeness (QED) is 0.556. The Labute approximate surface area is 56.7 Å². The van der Waals surface area contributed by atoms with Gasteiger partial charge in [-0.3, -0.25) is 0 Å². The van der Waals surface area contributed by atoms with Crippen LogP contribution >= 0.6 is 0 Å². The highest BCUT2D eigenvalue weighted by Crippen LogP contribution is 1.77. The van der Waals surface area contributed by atoms with Crippen molar-refractivity contribution < 1.29 is 4.94 Å². The highest BCUT2D eigenvalue weighted by atomic mass is 16.8. The number of hydroxylamine groups is 2. The van der Waals surface area contributed by atoms with E-state index in [1.54, 1.807) is 0 Å². The molecule has 9 heavy (non-hydrogen) atoms. The molecule has 0 rings (SSSR count). The Morgan fingerprint density at radius 3 is 1.44 bits per heavy atom. The Morgan fingerprint density at radius 2 is 1.22 bits per heavy atom. The molecule has 0 aromatic rings. The van der Waals surface area contributed by atoms with Crippen molar-refractivity contribution >= 4 is 0 Å². The van der Waals surface area contributed by atoms with Crippen LogP contribution in [0.5, 0.6) is 0 Å². The van der Waals surface area contributed by atoms with Gasteiger partial charge in [-0.1, -0.05) is 0 Å². The predicted molar refractivity (Wildman–Crippen MR) is 37.6 cm³/mol. The topological polar surface area (TPSA) is 33.3 Å². The summed E-state index contributed by atoms with van der Waals surface area (Å²) < 4.78 is 0. The minimum atomic E-state index is 0.358. The standard InChI is InChI=1S/C6H16N2O/c1-5(2)7-9-8-6(3)4/h5-8H,1-4H3. The first-order chi connectivity index (χ1) is 4.13. The molecule has 0 fully saturated rings. The number of rotatable bonds is 4. The van der Waals surface area contributed by atoms with Crippen molar-refractivity contribution in [3.8, 4) is 0 Å². The van der Waals surface area contributed by atoms with Crippen LogP contribution in [0.4, 0.5) is 0 Å². The Bertz CT molecular complexity index is 56.1. The third-order valence-corrected chi connectivity index (χ3v) is 0.589. The van der Waals surface area contributed by atoms with Gasteiger partial charge in [0.05, 0.1) is 0 Å². The lowest BCUT2D eigenvalue weighted by Gasteiger charge is -2.10. The van der Waals surface area contributed by atoms with Gasteiger partial charge >= 0.3 is 0 Å². The Kier molecular flexibility index (Phi) is 4.67.